The second-order valence-corrected chi connectivity index (χ2v) is 4.67. The number of hydrogen-bond acceptors (Lipinski definition) is 3. The van der Waals surface area contributed by atoms with Crippen molar-refractivity contribution in [2.24, 2.45) is 0 Å². The number of carbonyl (C=O) groups is 2. The van der Waals surface area contributed by atoms with Crippen molar-refractivity contribution < 1.29 is 14.7 Å². The van der Waals surface area contributed by atoms with Gasteiger partial charge in [-0.25, -0.2) is 14.6 Å². The fourth-order valence-corrected chi connectivity index (χ4v) is 1.92. The molecule has 0 spiro atoms. The minimum atomic E-state index is -1.23. The maximum atomic E-state index is 11.9. The van der Waals surface area contributed by atoms with Crippen molar-refractivity contribution in [1.82, 2.24) is 4.98 Å². The number of rotatable bonds is 3. The number of urea groups is 1. The fraction of sp³-hybridized carbons (Fsp3) is 0. The number of benzene rings is 1. The van der Waals surface area contributed by atoms with Gasteiger partial charge in [-0.1, -0.05) is 29.3 Å². The van der Waals surface area contributed by atoms with Gasteiger partial charge in [-0.15, -0.1) is 0 Å². The number of carboxylic acid groups (broad SMARTS) is 1. The lowest BCUT2D eigenvalue weighted by atomic mass is 10.2. The van der Waals surface area contributed by atoms with E-state index in [0.29, 0.717) is 5.82 Å². The molecule has 6 nitrogen and oxygen atoms in total. The summed E-state index contributed by atoms with van der Waals surface area (Å²) in [4.78, 5) is 26.9. The lowest BCUT2D eigenvalue weighted by Crippen LogP contribution is -2.21. The third kappa shape index (κ3) is 3.62. The highest BCUT2D eigenvalue weighted by Gasteiger charge is 2.18. The lowest BCUT2D eigenvalue weighted by molar-refractivity contribution is 0.0698. The van der Waals surface area contributed by atoms with Crippen LogP contribution in [0, 0.1) is 0 Å². The number of amides is 2. The molecule has 1 aromatic heterocycles. The van der Waals surface area contributed by atoms with Crippen LogP contribution in [0.2, 0.25) is 10.0 Å². The van der Waals surface area contributed by atoms with Crippen molar-refractivity contribution >= 4 is 46.7 Å². The summed E-state index contributed by atoms with van der Waals surface area (Å²) in [5.74, 6) is -0.924. The molecule has 3 N–H and O–H groups in total. The van der Waals surface area contributed by atoms with Crippen LogP contribution in [0.15, 0.2) is 36.5 Å². The molecule has 0 atom stereocenters. The number of nitrogens with one attached hydrogen (secondary N) is 2. The molecule has 2 rings (SSSR count). The number of anilines is 2. The molecule has 1 heterocycles. The van der Waals surface area contributed by atoms with Gasteiger partial charge in [0.25, 0.3) is 0 Å². The van der Waals surface area contributed by atoms with E-state index >= 15 is 0 Å². The van der Waals surface area contributed by atoms with Crippen molar-refractivity contribution in [3.05, 3.63) is 52.1 Å². The normalized spacial score (nSPS) is 10.0. The summed E-state index contributed by atoms with van der Waals surface area (Å²) < 4.78 is 0. The molecule has 0 aliphatic rings. The summed E-state index contributed by atoms with van der Waals surface area (Å²) in [6, 6.07) is 6.89. The minimum absolute atomic E-state index is 0.0484. The summed E-state index contributed by atoms with van der Waals surface area (Å²) in [5, 5.41) is 14.0. The van der Waals surface area contributed by atoms with E-state index in [1.807, 2.05) is 0 Å². The smallest absolute Gasteiger partial charge is 0.337 e. The average Bonchev–Trinajstić information content (AvgIpc) is 2.44. The van der Waals surface area contributed by atoms with Gasteiger partial charge in [0.05, 0.1) is 21.3 Å². The summed E-state index contributed by atoms with van der Waals surface area (Å²) in [6.45, 7) is 0. The lowest BCUT2D eigenvalue weighted by Gasteiger charge is -2.12. The zero-order chi connectivity index (χ0) is 15.4. The average molecular weight is 326 g/mol. The summed E-state index contributed by atoms with van der Waals surface area (Å²) in [5.41, 5.74) is -0.245. The molecule has 0 bridgehead atoms. The second kappa shape index (κ2) is 6.43. The molecule has 0 aliphatic heterocycles. The Hall–Kier alpha value is -2.31. The van der Waals surface area contributed by atoms with Gasteiger partial charge in [0.2, 0.25) is 0 Å². The highest BCUT2D eigenvalue weighted by Crippen LogP contribution is 2.33. The van der Waals surface area contributed by atoms with Crippen LogP contribution < -0.4 is 10.6 Å². The van der Waals surface area contributed by atoms with Crippen LogP contribution in [0.1, 0.15) is 10.4 Å². The molecule has 108 valence electrons. The molecular weight excluding hydrogens is 317 g/mol. The maximum absolute atomic E-state index is 11.9. The number of carbonyl (C=O) groups excluding carboxylic acids is 1. The number of aromatic nitrogens is 1. The Morgan fingerprint density at radius 3 is 2.48 bits per heavy atom. The van der Waals surface area contributed by atoms with Crippen LogP contribution >= 0.6 is 23.2 Å². The Morgan fingerprint density at radius 2 is 1.86 bits per heavy atom. The predicted octanol–water partition coefficient (Wildman–Crippen LogP) is 3.73. The first-order valence-electron chi connectivity index (χ1n) is 5.69. The van der Waals surface area contributed by atoms with Gasteiger partial charge < -0.3 is 10.4 Å². The Bertz CT molecular complexity index is 693. The summed E-state index contributed by atoms with van der Waals surface area (Å²) >= 11 is 11.8. The highest BCUT2D eigenvalue weighted by molar-refractivity contribution is 6.44. The molecule has 0 unspecified atom stereocenters. The van der Waals surface area contributed by atoms with Crippen LogP contribution in [0.5, 0.6) is 0 Å². The molecule has 2 aromatic rings. The third-order valence-electron chi connectivity index (χ3n) is 2.47. The van der Waals surface area contributed by atoms with Crippen molar-refractivity contribution in [3.8, 4) is 0 Å². The van der Waals surface area contributed by atoms with Gasteiger partial charge in [0.1, 0.15) is 5.82 Å². The minimum Gasteiger partial charge on any atom is -0.478 e. The molecule has 0 fully saturated rings. The number of hydrogen-bond donors (Lipinski definition) is 3. The molecule has 0 radical (unpaired) electrons. The van der Waals surface area contributed by atoms with E-state index in [2.05, 4.69) is 15.6 Å². The van der Waals surface area contributed by atoms with Gasteiger partial charge in [-0.2, -0.15) is 0 Å². The van der Waals surface area contributed by atoms with E-state index < -0.39 is 12.0 Å². The maximum Gasteiger partial charge on any atom is 0.337 e. The zero-order valence-electron chi connectivity index (χ0n) is 10.4. The van der Waals surface area contributed by atoms with Gasteiger partial charge >= 0.3 is 12.0 Å². The quantitative estimate of drug-likeness (QED) is 0.801. The van der Waals surface area contributed by atoms with Gasteiger partial charge in [-0.3, -0.25) is 5.32 Å². The first-order valence-corrected chi connectivity index (χ1v) is 6.45. The predicted molar refractivity (Wildman–Crippen MR) is 80.3 cm³/mol. The Kier molecular flexibility index (Phi) is 4.62. The molecular formula is C13H9Cl2N3O3. The first-order chi connectivity index (χ1) is 9.99. The third-order valence-corrected chi connectivity index (χ3v) is 3.27. The van der Waals surface area contributed by atoms with Crippen molar-refractivity contribution in [2.75, 3.05) is 10.6 Å². The SMILES string of the molecule is O=C(Nc1ccccn1)Nc1c(C(=O)O)ccc(Cl)c1Cl. The fourth-order valence-electron chi connectivity index (χ4n) is 1.55. The molecule has 1 aromatic carbocycles. The molecule has 21 heavy (non-hydrogen) atoms. The number of carboxylic acids is 1. The number of aromatic carboxylic acids is 1. The van der Waals surface area contributed by atoms with Gasteiger partial charge in [-0.05, 0) is 24.3 Å². The molecule has 0 saturated heterocycles. The largest absolute Gasteiger partial charge is 0.478 e. The van der Waals surface area contributed by atoms with E-state index in [-0.39, 0.29) is 21.3 Å². The standard InChI is InChI=1S/C13H9Cl2N3O3/c14-8-5-4-7(12(19)20)11(10(8)15)18-13(21)17-9-3-1-2-6-16-9/h1-6H,(H,19,20)(H2,16,17,18,21). The molecule has 8 heteroatoms. The van der Waals surface area contributed by atoms with E-state index in [9.17, 15) is 9.59 Å². The van der Waals surface area contributed by atoms with E-state index in [1.54, 1.807) is 18.2 Å². The Balaban J connectivity index is 2.24. The van der Waals surface area contributed by atoms with Crippen molar-refractivity contribution in [1.29, 1.82) is 0 Å². The molecule has 0 saturated carbocycles. The second-order valence-electron chi connectivity index (χ2n) is 3.88. The zero-order valence-corrected chi connectivity index (χ0v) is 11.9. The van der Waals surface area contributed by atoms with Gasteiger partial charge in [0, 0.05) is 6.20 Å². The molecule has 2 amide bonds. The topological polar surface area (TPSA) is 91.3 Å². The summed E-state index contributed by atoms with van der Waals surface area (Å²) in [6.07, 6.45) is 1.50. The number of pyridine rings is 1. The van der Waals surface area contributed by atoms with E-state index in [4.69, 9.17) is 28.3 Å². The van der Waals surface area contributed by atoms with Crippen LogP contribution in [-0.2, 0) is 0 Å². The van der Waals surface area contributed by atoms with Crippen LogP contribution in [0.25, 0.3) is 0 Å². The van der Waals surface area contributed by atoms with Crippen molar-refractivity contribution in [3.63, 3.8) is 0 Å². The van der Waals surface area contributed by atoms with Crippen molar-refractivity contribution in [2.45, 2.75) is 0 Å². The van der Waals surface area contributed by atoms with E-state index in [1.165, 1.54) is 18.3 Å². The first kappa shape index (κ1) is 15.1. The highest BCUT2D eigenvalue weighted by atomic mass is 35.5. The molecule has 0 aliphatic carbocycles. The Morgan fingerprint density at radius 1 is 1.10 bits per heavy atom. The van der Waals surface area contributed by atoms with Crippen LogP contribution in [0.3, 0.4) is 0 Å². The number of nitrogens with zero attached hydrogens (tertiary/aromatic N) is 1. The number of halogens is 2. The van der Waals surface area contributed by atoms with Crippen LogP contribution in [-0.4, -0.2) is 22.1 Å². The summed E-state index contributed by atoms with van der Waals surface area (Å²) in [7, 11) is 0. The van der Waals surface area contributed by atoms with Gasteiger partial charge in [0.15, 0.2) is 0 Å². The monoisotopic (exact) mass is 325 g/mol. The Labute approximate surface area is 129 Å². The van der Waals surface area contributed by atoms with Crippen LogP contribution in [0.4, 0.5) is 16.3 Å². The van der Waals surface area contributed by atoms with E-state index in [0.717, 1.165) is 0 Å².